The summed E-state index contributed by atoms with van der Waals surface area (Å²) >= 11 is 0. The van der Waals surface area contributed by atoms with Crippen LogP contribution in [0.1, 0.15) is 23.1 Å². The van der Waals surface area contributed by atoms with Gasteiger partial charge in [0.1, 0.15) is 17.5 Å². The average Bonchev–Trinajstić information content (AvgIpc) is 2.93. The highest BCUT2D eigenvalue weighted by atomic mass is 19.4. The molecule has 7 heteroatoms. The summed E-state index contributed by atoms with van der Waals surface area (Å²) in [7, 11) is 0. The molecule has 1 fully saturated rings. The Bertz CT molecular complexity index is 691. The van der Waals surface area contributed by atoms with Gasteiger partial charge in [-0.2, -0.15) is 13.2 Å². The third kappa shape index (κ3) is 2.97. The Kier molecular flexibility index (Phi) is 3.91. The number of halogens is 3. The van der Waals surface area contributed by atoms with Crippen LogP contribution in [0.2, 0.25) is 0 Å². The summed E-state index contributed by atoms with van der Waals surface area (Å²) in [6.07, 6.45) is -4.45. The fourth-order valence-corrected chi connectivity index (χ4v) is 2.96. The van der Waals surface area contributed by atoms with Crippen LogP contribution in [0.3, 0.4) is 0 Å². The van der Waals surface area contributed by atoms with Gasteiger partial charge in [-0.3, -0.25) is 0 Å². The van der Waals surface area contributed by atoms with Crippen molar-refractivity contribution in [3.63, 3.8) is 0 Å². The molecule has 1 saturated heterocycles. The Balaban J connectivity index is 2.05. The molecule has 1 heterocycles. The second-order valence-corrected chi connectivity index (χ2v) is 5.47. The van der Waals surface area contributed by atoms with Gasteiger partial charge >= 0.3 is 6.18 Å². The molecule has 3 atom stereocenters. The first-order valence-electron chi connectivity index (χ1n) is 7.02. The van der Waals surface area contributed by atoms with Crippen molar-refractivity contribution in [2.24, 2.45) is 0 Å². The first kappa shape index (κ1) is 15.6. The molecular formula is C16H15F3N2O2. The Labute approximate surface area is 130 Å². The summed E-state index contributed by atoms with van der Waals surface area (Å²) in [6.45, 7) is 0. The lowest BCUT2D eigenvalue weighted by atomic mass is 9.83. The molecule has 4 nitrogen and oxygen atoms in total. The van der Waals surface area contributed by atoms with Gasteiger partial charge in [-0.15, -0.1) is 0 Å². The van der Waals surface area contributed by atoms with Gasteiger partial charge in [0.2, 0.25) is 0 Å². The van der Waals surface area contributed by atoms with Crippen LogP contribution in [0.4, 0.5) is 13.2 Å². The third-order valence-corrected chi connectivity index (χ3v) is 4.00. The average molecular weight is 324 g/mol. The number of benzene rings is 2. The normalized spacial score (nSPS) is 24.7. The zero-order chi connectivity index (χ0) is 16.6. The van der Waals surface area contributed by atoms with Crippen LogP contribution in [0.25, 0.3) is 0 Å². The van der Waals surface area contributed by atoms with E-state index >= 15 is 0 Å². The molecule has 0 aliphatic carbocycles. The molecule has 122 valence electrons. The highest BCUT2D eigenvalue weighted by Gasteiger charge is 2.52. The zero-order valence-electron chi connectivity index (χ0n) is 11.9. The third-order valence-electron chi connectivity index (χ3n) is 4.00. The van der Waals surface area contributed by atoms with E-state index < -0.39 is 24.2 Å². The van der Waals surface area contributed by atoms with Crippen molar-refractivity contribution in [2.75, 3.05) is 0 Å². The van der Waals surface area contributed by atoms with Crippen LogP contribution in [0, 0.1) is 0 Å². The van der Waals surface area contributed by atoms with E-state index in [0.29, 0.717) is 5.56 Å². The first-order valence-corrected chi connectivity index (χ1v) is 7.02. The van der Waals surface area contributed by atoms with Crippen LogP contribution in [-0.2, 0) is 0 Å². The van der Waals surface area contributed by atoms with Crippen LogP contribution in [0.5, 0.6) is 11.5 Å². The number of hydrogen-bond donors (Lipinski definition) is 4. The number of aromatic hydroxyl groups is 2. The smallest absolute Gasteiger partial charge is 0.405 e. The molecular weight excluding hydrogens is 309 g/mol. The maximum absolute atomic E-state index is 13.3. The van der Waals surface area contributed by atoms with Crippen molar-refractivity contribution in [1.82, 2.24) is 10.9 Å². The van der Waals surface area contributed by atoms with Crippen molar-refractivity contribution < 1.29 is 23.4 Å². The highest BCUT2D eigenvalue weighted by Crippen LogP contribution is 2.45. The summed E-state index contributed by atoms with van der Waals surface area (Å²) in [6, 6.07) is 9.62. The van der Waals surface area contributed by atoms with E-state index in [1.165, 1.54) is 12.1 Å². The minimum absolute atomic E-state index is 0.152. The predicted octanol–water partition coefficient (Wildman–Crippen LogP) is 2.96. The lowest BCUT2D eigenvalue weighted by molar-refractivity contribution is -0.156. The molecule has 1 aliphatic heterocycles. The monoisotopic (exact) mass is 324 g/mol. The van der Waals surface area contributed by atoms with Crippen LogP contribution < -0.4 is 10.9 Å². The minimum atomic E-state index is -4.45. The SMILES string of the molecule is Oc1ccc(C2NNC(C(F)(F)F)C2c2ccccc2)c(O)c1. The number of hydrazine groups is 1. The van der Waals surface area contributed by atoms with Crippen LogP contribution in [-0.4, -0.2) is 22.4 Å². The number of hydrogen-bond acceptors (Lipinski definition) is 4. The van der Waals surface area contributed by atoms with Gasteiger partial charge < -0.3 is 10.2 Å². The number of rotatable bonds is 2. The number of phenols is 2. The second kappa shape index (κ2) is 5.75. The van der Waals surface area contributed by atoms with Crippen molar-refractivity contribution in [2.45, 2.75) is 24.2 Å². The van der Waals surface area contributed by atoms with Crippen molar-refractivity contribution >= 4 is 0 Å². The molecule has 2 aromatic rings. The predicted molar refractivity (Wildman–Crippen MR) is 77.8 cm³/mol. The van der Waals surface area contributed by atoms with Crippen molar-refractivity contribution in [3.05, 3.63) is 59.7 Å². The molecule has 23 heavy (non-hydrogen) atoms. The van der Waals surface area contributed by atoms with E-state index in [1.54, 1.807) is 30.3 Å². The molecule has 0 saturated carbocycles. The van der Waals surface area contributed by atoms with Gasteiger partial charge in [0.05, 0.1) is 6.04 Å². The van der Waals surface area contributed by atoms with Crippen LogP contribution >= 0.6 is 0 Å². The standard InChI is InChI=1S/C16H15F3N2O2/c17-16(18,19)15-13(9-4-2-1-3-5-9)14(20-21-15)11-7-6-10(22)8-12(11)23/h1-8,13-15,20-23H. The molecule has 0 aromatic heterocycles. The fourth-order valence-electron chi connectivity index (χ4n) is 2.96. The van der Waals surface area contributed by atoms with Gasteiger partial charge in [0.15, 0.2) is 0 Å². The summed E-state index contributed by atoms with van der Waals surface area (Å²) in [5.41, 5.74) is 5.71. The Hall–Kier alpha value is -2.25. The molecule has 3 rings (SSSR count). The van der Waals surface area contributed by atoms with E-state index in [9.17, 15) is 23.4 Å². The van der Waals surface area contributed by atoms with Gasteiger partial charge in [0.25, 0.3) is 0 Å². The fraction of sp³-hybridized carbons (Fsp3) is 0.250. The second-order valence-electron chi connectivity index (χ2n) is 5.47. The Morgan fingerprint density at radius 3 is 2.22 bits per heavy atom. The molecule has 1 aliphatic rings. The van der Waals surface area contributed by atoms with Gasteiger partial charge in [-0.1, -0.05) is 36.4 Å². The molecule has 2 aromatic carbocycles. The van der Waals surface area contributed by atoms with E-state index in [4.69, 9.17) is 0 Å². The Morgan fingerprint density at radius 1 is 0.913 bits per heavy atom. The highest BCUT2D eigenvalue weighted by molar-refractivity contribution is 5.43. The first-order chi connectivity index (χ1) is 10.9. The quantitative estimate of drug-likeness (QED) is 0.686. The Morgan fingerprint density at radius 2 is 1.61 bits per heavy atom. The van der Waals surface area contributed by atoms with Gasteiger partial charge in [0, 0.05) is 17.5 Å². The van der Waals surface area contributed by atoms with E-state index in [1.807, 2.05) is 0 Å². The van der Waals surface area contributed by atoms with Gasteiger partial charge in [-0.25, -0.2) is 10.9 Å². The molecule has 0 bridgehead atoms. The summed E-state index contributed by atoms with van der Waals surface area (Å²) < 4.78 is 40.0. The summed E-state index contributed by atoms with van der Waals surface area (Å²) in [5, 5.41) is 19.4. The maximum Gasteiger partial charge on any atom is 0.405 e. The van der Waals surface area contributed by atoms with Gasteiger partial charge in [-0.05, 0) is 11.6 Å². The van der Waals surface area contributed by atoms with Crippen molar-refractivity contribution in [3.8, 4) is 11.5 Å². The number of alkyl halides is 3. The molecule has 0 radical (unpaired) electrons. The lowest BCUT2D eigenvalue weighted by Gasteiger charge is -2.25. The molecule has 0 spiro atoms. The maximum atomic E-state index is 13.3. The molecule has 4 N–H and O–H groups in total. The summed E-state index contributed by atoms with van der Waals surface area (Å²) in [5.74, 6) is -1.36. The van der Waals surface area contributed by atoms with Crippen molar-refractivity contribution in [1.29, 1.82) is 0 Å². The number of phenolic OH excluding ortho intramolecular Hbond substituents is 2. The van der Waals surface area contributed by atoms with E-state index in [2.05, 4.69) is 10.9 Å². The largest absolute Gasteiger partial charge is 0.508 e. The van der Waals surface area contributed by atoms with Crippen LogP contribution in [0.15, 0.2) is 48.5 Å². The topological polar surface area (TPSA) is 64.5 Å². The van der Waals surface area contributed by atoms with E-state index in [0.717, 1.165) is 6.07 Å². The lowest BCUT2D eigenvalue weighted by Crippen LogP contribution is -2.43. The molecule has 0 amide bonds. The number of nitrogens with one attached hydrogen (secondary N) is 2. The summed E-state index contributed by atoms with van der Waals surface area (Å²) in [4.78, 5) is 0. The zero-order valence-corrected chi connectivity index (χ0v) is 11.9. The molecule has 3 unspecified atom stereocenters. The minimum Gasteiger partial charge on any atom is -0.508 e. The van der Waals surface area contributed by atoms with E-state index in [-0.39, 0.29) is 17.1 Å².